The average molecular weight is 358 g/mol. The van der Waals surface area contributed by atoms with Crippen LogP contribution in [-0.2, 0) is 11.3 Å². The number of imidazole rings is 1. The highest BCUT2D eigenvalue weighted by Crippen LogP contribution is 2.38. The van der Waals surface area contributed by atoms with Crippen LogP contribution in [-0.4, -0.2) is 45.0 Å². The van der Waals surface area contributed by atoms with Gasteiger partial charge in [-0.1, -0.05) is 6.07 Å². The molecular formula is C17H18N4O5. The van der Waals surface area contributed by atoms with Crippen molar-refractivity contribution >= 4 is 11.7 Å². The van der Waals surface area contributed by atoms with Crippen molar-refractivity contribution in [1.82, 2.24) is 14.5 Å². The number of hydrogen-bond acceptors (Lipinski definition) is 6. The smallest absolute Gasteiger partial charge is 0.381 e. The van der Waals surface area contributed by atoms with Gasteiger partial charge in [0.15, 0.2) is 11.5 Å². The summed E-state index contributed by atoms with van der Waals surface area (Å²) in [6.07, 6.45) is 4.36. The second-order valence-electron chi connectivity index (χ2n) is 6.31. The lowest BCUT2D eigenvalue weighted by Crippen LogP contribution is -2.33. The number of nitro groups is 1. The molecule has 0 saturated carbocycles. The highest BCUT2D eigenvalue weighted by atomic mass is 16.6. The minimum atomic E-state index is -0.575. The van der Waals surface area contributed by atoms with E-state index in [2.05, 4.69) is 4.98 Å². The quantitative estimate of drug-likeness (QED) is 0.611. The van der Waals surface area contributed by atoms with E-state index in [0.717, 1.165) is 24.2 Å². The van der Waals surface area contributed by atoms with E-state index in [-0.39, 0.29) is 24.3 Å². The summed E-state index contributed by atoms with van der Waals surface area (Å²) in [5.74, 6) is 1.08. The minimum absolute atomic E-state index is 0.0297. The number of hydrogen-bond donors (Lipinski definition) is 0. The molecule has 1 atom stereocenters. The van der Waals surface area contributed by atoms with E-state index in [0.29, 0.717) is 25.5 Å². The lowest BCUT2D eigenvalue weighted by molar-refractivity contribution is -0.389. The molecule has 2 aliphatic rings. The third-order valence-electron chi connectivity index (χ3n) is 4.65. The van der Waals surface area contributed by atoms with Gasteiger partial charge in [-0.05, 0) is 40.4 Å². The van der Waals surface area contributed by atoms with Gasteiger partial charge in [-0.2, -0.15) is 0 Å². The maximum absolute atomic E-state index is 12.7. The van der Waals surface area contributed by atoms with E-state index < -0.39 is 4.92 Å². The second kappa shape index (κ2) is 6.66. The number of ether oxygens (including phenoxy) is 2. The zero-order valence-electron chi connectivity index (χ0n) is 14.0. The zero-order chi connectivity index (χ0) is 18.1. The van der Waals surface area contributed by atoms with E-state index in [4.69, 9.17) is 9.47 Å². The van der Waals surface area contributed by atoms with Gasteiger partial charge in [0.05, 0.1) is 6.04 Å². The molecule has 2 aromatic rings. The van der Waals surface area contributed by atoms with Crippen LogP contribution < -0.4 is 9.47 Å². The second-order valence-corrected chi connectivity index (χ2v) is 6.31. The largest absolute Gasteiger partial charge is 0.486 e. The first-order valence-corrected chi connectivity index (χ1v) is 8.47. The molecule has 0 N–H and O–H groups in total. The summed E-state index contributed by atoms with van der Waals surface area (Å²) in [6, 6.07) is 5.75. The normalized spacial score (nSPS) is 18.8. The summed E-state index contributed by atoms with van der Waals surface area (Å²) in [7, 11) is 0. The molecule has 9 heteroatoms. The number of nitrogens with zero attached hydrogens (tertiary/aromatic N) is 4. The van der Waals surface area contributed by atoms with E-state index >= 15 is 0 Å². The van der Waals surface area contributed by atoms with Crippen molar-refractivity contribution in [2.45, 2.75) is 25.4 Å². The summed E-state index contributed by atoms with van der Waals surface area (Å²) in [5, 5.41) is 10.7. The molecule has 0 bridgehead atoms. The van der Waals surface area contributed by atoms with E-state index in [1.165, 1.54) is 17.1 Å². The first kappa shape index (κ1) is 16.4. The van der Waals surface area contributed by atoms with Gasteiger partial charge in [0.25, 0.3) is 0 Å². The molecule has 4 rings (SSSR count). The Hall–Kier alpha value is -3.10. The first-order valence-electron chi connectivity index (χ1n) is 8.47. The topological polar surface area (TPSA) is 99.7 Å². The molecule has 136 valence electrons. The number of benzene rings is 1. The van der Waals surface area contributed by atoms with Crippen molar-refractivity contribution in [3.8, 4) is 11.5 Å². The Balaban J connectivity index is 1.50. The van der Waals surface area contributed by atoms with Gasteiger partial charge in [0.2, 0.25) is 12.2 Å². The molecule has 2 aliphatic heterocycles. The van der Waals surface area contributed by atoms with Crippen LogP contribution in [0.2, 0.25) is 0 Å². The maximum Gasteiger partial charge on any atom is 0.381 e. The van der Waals surface area contributed by atoms with Gasteiger partial charge in [-0.3, -0.25) is 4.79 Å². The van der Waals surface area contributed by atoms with Crippen molar-refractivity contribution < 1.29 is 19.2 Å². The maximum atomic E-state index is 12.7. The Morgan fingerprint density at radius 2 is 2.12 bits per heavy atom. The van der Waals surface area contributed by atoms with E-state index in [1.807, 2.05) is 23.1 Å². The van der Waals surface area contributed by atoms with Crippen LogP contribution in [0.3, 0.4) is 0 Å². The number of aromatic nitrogens is 2. The van der Waals surface area contributed by atoms with Crippen molar-refractivity contribution in [3.63, 3.8) is 0 Å². The van der Waals surface area contributed by atoms with Crippen LogP contribution in [0.25, 0.3) is 0 Å². The van der Waals surface area contributed by atoms with Crippen LogP contribution in [0.4, 0.5) is 5.82 Å². The molecule has 1 fully saturated rings. The van der Waals surface area contributed by atoms with Gasteiger partial charge in [0.1, 0.15) is 26.0 Å². The van der Waals surface area contributed by atoms with Crippen LogP contribution >= 0.6 is 0 Å². The van der Waals surface area contributed by atoms with Crippen molar-refractivity contribution in [2.75, 3.05) is 19.8 Å². The fraction of sp³-hybridized carbons (Fsp3) is 0.412. The van der Waals surface area contributed by atoms with Gasteiger partial charge in [-0.15, -0.1) is 0 Å². The lowest BCUT2D eigenvalue weighted by atomic mass is 10.0. The predicted octanol–water partition coefficient (Wildman–Crippen LogP) is 1.93. The van der Waals surface area contributed by atoms with Crippen LogP contribution in [0, 0.1) is 10.1 Å². The molecule has 3 heterocycles. The van der Waals surface area contributed by atoms with Crippen molar-refractivity contribution in [1.29, 1.82) is 0 Å². The number of fused-ring (bicyclic) bond motifs is 1. The van der Waals surface area contributed by atoms with E-state index in [9.17, 15) is 14.9 Å². The SMILES string of the molecule is O=C(Cn1cnc([N+](=O)[O-])c1)N1CCC[C@H]1c1ccc2c(c1)OCCO2. The van der Waals surface area contributed by atoms with Crippen molar-refractivity contribution in [2.24, 2.45) is 0 Å². The number of likely N-dealkylation sites (tertiary alicyclic amines) is 1. The summed E-state index contributed by atoms with van der Waals surface area (Å²) in [4.78, 5) is 28.4. The molecule has 0 spiro atoms. The molecular weight excluding hydrogens is 340 g/mol. The van der Waals surface area contributed by atoms with Gasteiger partial charge >= 0.3 is 5.82 Å². The standard InChI is InChI=1S/C17H18N4O5/c22-17(10-19-9-16(18-11-19)21(23)24)20-5-1-2-13(20)12-3-4-14-15(8-12)26-7-6-25-14/h3-4,8-9,11,13H,1-2,5-7,10H2/t13-/m0/s1. The molecule has 0 aliphatic carbocycles. The Bertz CT molecular complexity index is 849. The summed E-state index contributed by atoms with van der Waals surface area (Å²) in [5.41, 5.74) is 1.01. The van der Waals surface area contributed by atoms with Crippen molar-refractivity contribution in [3.05, 3.63) is 46.4 Å². The number of carbonyl (C=O) groups excluding carboxylic acids is 1. The molecule has 1 saturated heterocycles. The molecule has 0 radical (unpaired) electrons. The molecule has 9 nitrogen and oxygen atoms in total. The summed E-state index contributed by atoms with van der Waals surface area (Å²) < 4.78 is 12.6. The average Bonchev–Trinajstić information content (AvgIpc) is 3.30. The Labute approximate surface area is 149 Å². The third-order valence-corrected chi connectivity index (χ3v) is 4.65. The number of rotatable bonds is 4. The predicted molar refractivity (Wildman–Crippen MR) is 90.0 cm³/mol. The molecule has 1 aromatic carbocycles. The molecule has 0 unspecified atom stereocenters. The third kappa shape index (κ3) is 3.07. The Morgan fingerprint density at radius 1 is 1.31 bits per heavy atom. The van der Waals surface area contributed by atoms with E-state index in [1.54, 1.807) is 0 Å². The lowest BCUT2D eigenvalue weighted by Gasteiger charge is -2.26. The van der Waals surface area contributed by atoms with Gasteiger partial charge in [-0.25, -0.2) is 0 Å². The van der Waals surface area contributed by atoms with Gasteiger partial charge in [0, 0.05) is 6.54 Å². The fourth-order valence-electron chi connectivity index (χ4n) is 3.46. The highest BCUT2D eigenvalue weighted by molar-refractivity contribution is 5.77. The van der Waals surface area contributed by atoms with Crippen LogP contribution in [0.15, 0.2) is 30.7 Å². The summed E-state index contributed by atoms with van der Waals surface area (Å²) in [6.45, 7) is 1.75. The first-order chi connectivity index (χ1) is 12.6. The number of amides is 1. The zero-order valence-corrected chi connectivity index (χ0v) is 14.0. The fourth-order valence-corrected chi connectivity index (χ4v) is 3.46. The number of carbonyl (C=O) groups is 1. The van der Waals surface area contributed by atoms with Gasteiger partial charge < -0.3 is 29.1 Å². The monoisotopic (exact) mass is 358 g/mol. The highest BCUT2D eigenvalue weighted by Gasteiger charge is 2.31. The molecule has 26 heavy (non-hydrogen) atoms. The summed E-state index contributed by atoms with van der Waals surface area (Å²) >= 11 is 0. The van der Waals surface area contributed by atoms with Crippen LogP contribution in [0.1, 0.15) is 24.4 Å². The van der Waals surface area contributed by atoms with Crippen LogP contribution in [0.5, 0.6) is 11.5 Å². The molecule has 1 amide bonds. The molecule has 1 aromatic heterocycles. The Kier molecular flexibility index (Phi) is 4.19. The Morgan fingerprint density at radius 3 is 2.88 bits per heavy atom. The minimum Gasteiger partial charge on any atom is -0.486 e.